The quantitative estimate of drug-likeness (QED) is 0.709. The zero-order chi connectivity index (χ0) is 13.0. The maximum atomic E-state index is 5.87. The molecular weight excluding hydrogens is 244 g/mol. The van der Waals surface area contributed by atoms with Gasteiger partial charge in [-0.2, -0.15) is 0 Å². The van der Waals surface area contributed by atoms with Crippen LogP contribution in [0.2, 0.25) is 5.15 Å². The van der Waals surface area contributed by atoms with Crippen LogP contribution < -0.4 is 4.90 Å². The van der Waals surface area contributed by atoms with Crippen LogP contribution in [0.4, 0.5) is 5.69 Å². The fourth-order valence-electron chi connectivity index (χ4n) is 4.30. The summed E-state index contributed by atoms with van der Waals surface area (Å²) >= 11 is 5.87. The summed E-state index contributed by atoms with van der Waals surface area (Å²) in [4.78, 5) is 6.76. The van der Waals surface area contributed by atoms with Crippen molar-refractivity contribution in [3.8, 4) is 0 Å². The van der Waals surface area contributed by atoms with Gasteiger partial charge in [-0.3, -0.25) is 0 Å². The second kappa shape index (κ2) is 3.86. The SMILES string of the molecule is CC1(C)CC2CC(C)(CN2c2ccc(Cl)nc2)C1. The largest absolute Gasteiger partial charge is 0.367 e. The van der Waals surface area contributed by atoms with Gasteiger partial charge >= 0.3 is 0 Å². The van der Waals surface area contributed by atoms with E-state index >= 15 is 0 Å². The van der Waals surface area contributed by atoms with E-state index in [0.29, 0.717) is 22.0 Å². The van der Waals surface area contributed by atoms with Crippen LogP contribution >= 0.6 is 11.6 Å². The number of aromatic nitrogens is 1. The summed E-state index contributed by atoms with van der Waals surface area (Å²) < 4.78 is 0. The van der Waals surface area contributed by atoms with Gasteiger partial charge in [0.25, 0.3) is 0 Å². The van der Waals surface area contributed by atoms with Crippen molar-refractivity contribution in [2.75, 3.05) is 11.4 Å². The fourth-order valence-corrected chi connectivity index (χ4v) is 4.41. The molecule has 2 unspecified atom stereocenters. The number of hydrogen-bond acceptors (Lipinski definition) is 2. The van der Waals surface area contributed by atoms with E-state index in [1.165, 1.54) is 24.9 Å². The number of rotatable bonds is 1. The van der Waals surface area contributed by atoms with Crippen molar-refractivity contribution >= 4 is 17.3 Å². The molecular formula is C15H21ClN2. The van der Waals surface area contributed by atoms with Gasteiger partial charge in [-0.05, 0) is 42.2 Å². The highest BCUT2D eigenvalue weighted by Gasteiger charge is 2.49. The van der Waals surface area contributed by atoms with Crippen molar-refractivity contribution in [1.29, 1.82) is 0 Å². The first-order chi connectivity index (χ1) is 8.37. The molecule has 3 rings (SSSR count). The first-order valence-electron chi connectivity index (χ1n) is 6.75. The monoisotopic (exact) mass is 264 g/mol. The second-order valence-electron chi connectivity index (χ2n) is 7.18. The first kappa shape index (κ1) is 12.3. The minimum Gasteiger partial charge on any atom is -0.367 e. The topological polar surface area (TPSA) is 16.1 Å². The molecule has 0 amide bonds. The Labute approximate surface area is 114 Å². The molecule has 2 fully saturated rings. The predicted molar refractivity (Wildman–Crippen MR) is 76.1 cm³/mol. The summed E-state index contributed by atoms with van der Waals surface area (Å²) in [6.07, 6.45) is 5.84. The molecule has 1 saturated heterocycles. The Bertz CT molecular complexity index is 454. The molecule has 2 bridgehead atoms. The van der Waals surface area contributed by atoms with Gasteiger partial charge in [-0.1, -0.05) is 32.4 Å². The number of hydrogen-bond donors (Lipinski definition) is 0. The van der Waals surface area contributed by atoms with E-state index < -0.39 is 0 Å². The summed E-state index contributed by atoms with van der Waals surface area (Å²) in [5, 5.41) is 0.576. The van der Waals surface area contributed by atoms with Crippen LogP contribution in [0.15, 0.2) is 18.3 Å². The number of nitrogens with zero attached hydrogens (tertiary/aromatic N) is 2. The minimum atomic E-state index is 0.464. The van der Waals surface area contributed by atoms with Crippen molar-refractivity contribution in [2.45, 2.75) is 46.1 Å². The highest BCUT2D eigenvalue weighted by Crippen LogP contribution is 2.53. The van der Waals surface area contributed by atoms with E-state index in [1.807, 2.05) is 12.3 Å². The van der Waals surface area contributed by atoms with Crippen molar-refractivity contribution in [2.24, 2.45) is 10.8 Å². The van der Waals surface area contributed by atoms with Gasteiger partial charge in [0.1, 0.15) is 5.15 Å². The lowest BCUT2D eigenvalue weighted by Gasteiger charge is -2.39. The van der Waals surface area contributed by atoms with Crippen LogP contribution in [0.3, 0.4) is 0 Å². The fraction of sp³-hybridized carbons (Fsp3) is 0.667. The predicted octanol–water partition coefficient (Wildman–Crippen LogP) is 4.14. The molecule has 1 aliphatic heterocycles. The third kappa shape index (κ3) is 2.11. The molecule has 2 heterocycles. The molecule has 1 aromatic heterocycles. The number of pyridine rings is 1. The summed E-state index contributed by atoms with van der Waals surface area (Å²) in [6, 6.07) is 4.67. The first-order valence-corrected chi connectivity index (χ1v) is 7.13. The molecule has 18 heavy (non-hydrogen) atoms. The Morgan fingerprint density at radius 3 is 2.72 bits per heavy atom. The molecule has 2 nitrogen and oxygen atoms in total. The van der Waals surface area contributed by atoms with Crippen molar-refractivity contribution < 1.29 is 0 Å². The van der Waals surface area contributed by atoms with Gasteiger partial charge in [0.2, 0.25) is 0 Å². The average Bonchev–Trinajstić information content (AvgIpc) is 2.49. The molecule has 0 radical (unpaired) electrons. The van der Waals surface area contributed by atoms with Crippen molar-refractivity contribution in [3.63, 3.8) is 0 Å². The Morgan fingerprint density at radius 2 is 2.06 bits per heavy atom. The lowest BCUT2D eigenvalue weighted by molar-refractivity contribution is 0.136. The lowest BCUT2D eigenvalue weighted by atomic mass is 9.65. The third-order valence-electron chi connectivity index (χ3n) is 4.46. The number of halogens is 1. The molecule has 0 spiro atoms. The zero-order valence-corrected chi connectivity index (χ0v) is 12.2. The summed E-state index contributed by atoms with van der Waals surface area (Å²) in [5.41, 5.74) is 2.16. The van der Waals surface area contributed by atoms with Crippen molar-refractivity contribution in [3.05, 3.63) is 23.5 Å². The van der Waals surface area contributed by atoms with Crippen LogP contribution in [0.1, 0.15) is 40.0 Å². The molecule has 1 aliphatic carbocycles. The van der Waals surface area contributed by atoms with Crippen LogP contribution in [0.25, 0.3) is 0 Å². The lowest BCUT2D eigenvalue weighted by Crippen LogP contribution is -2.34. The third-order valence-corrected chi connectivity index (χ3v) is 4.68. The Kier molecular flexibility index (Phi) is 2.64. The highest BCUT2D eigenvalue weighted by molar-refractivity contribution is 6.29. The molecule has 3 heteroatoms. The van der Waals surface area contributed by atoms with Gasteiger partial charge in [0.15, 0.2) is 0 Å². The number of fused-ring (bicyclic) bond motifs is 2. The Balaban J connectivity index is 1.90. The van der Waals surface area contributed by atoms with E-state index in [-0.39, 0.29) is 0 Å². The van der Waals surface area contributed by atoms with Gasteiger partial charge < -0.3 is 4.90 Å². The normalized spacial score (nSPS) is 33.8. The molecule has 1 saturated carbocycles. The average molecular weight is 265 g/mol. The standard InChI is InChI=1S/C15H21ClN2/c1-14(2)6-12-7-15(3,9-14)10-18(12)11-4-5-13(16)17-8-11/h4-5,8,12H,6-7,9-10H2,1-3H3. The van der Waals surface area contributed by atoms with Crippen molar-refractivity contribution in [1.82, 2.24) is 4.98 Å². The van der Waals surface area contributed by atoms with Crippen LogP contribution in [0, 0.1) is 10.8 Å². The molecule has 2 aliphatic rings. The van der Waals surface area contributed by atoms with E-state index in [2.05, 4.69) is 36.7 Å². The van der Waals surface area contributed by atoms with Gasteiger partial charge in [-0.25, -0.2) is 4.98 Å². The highest BCUT2D eigenvalue weighted by atomic mass is 35.5. The second-order valence-corrected chi connectivity index (χ2v) is 7.57. The summed E-state index contributed by atoms with van der Waals surface area (Å²) in [5.74, 6) is 0. The van der Waals surface area contributed by atoms with Gasteiger partial charge in [0.05, 0.1) is 11.9 Å². The number of anilines is 1. The molecule has 0 aromatic carbocycles. The Hall–Kier alpha value is -0.760. The zero-order valence-electron chi connectivity index (χ0n) is 11.4. The maximum Gasteiger partial charge on any atom is 0.129 e. The molecule has 2 atom stereocenters. The van der Waals surface area contributed by atoms with E-state index in [4.69, 9.17) is 11.6 Å². The summed E-state index contributed by atoms with van der Waals surface area (Å²) in [6.45, 7) is 8.40. The Morgan fingerprint density at radius 1 is 1.28 bits per heavy atom. The van der Waals surface area contributed by atoms with Crippen LogP contribution in [0.5, 0.6) is 0 Å². The summed E-state index contributed by atoms with van der Waals surface area (Å²) in [7, 11) is 0. The maximum absolute atomic E-state index is 5.87. The van der Waals surface area contributed by atoms with Gasteiger partial charge in [-0.15, -0.1) is 0 Å². The van der Waals surface area contributed by atoms with Crippen LogP contribution in [-0.4, -0.2) is 17.6 Å². The molecule has 1 aromatic rings. The molecule has 0 N–H and O–H groups in total. The van der Waals surface area contributed by atoms with E-state index in [1.54, 1.807) is 0 Å². The van der Waals surface area contributed by atoms with E-state index in [0.717, 1.165) is 6.54 Å². The smallest absolute Gasteiger partial charge is 0.129 e. The molecule has 98 valence electrons. The van der Waals surface area contributed by atoms with Crippen LogP contribution in [-0.2, 0) is 0 Å². The van der Waals surface area contributed by atoms with Gasteiger partial charge in [0, 0.05) is 12.6 Å². The van der Waals surface area contributed by atoms with E-state index in [9.17, 15) is 0 Å². The minimum absolute atomic E-state index is 0.464.